The van der Waals surface area contributed by atoms with Gasteiger partial charge in [0.15, 0.2) is 6.29 Å². The molecule has 15 heavy (non-hydrogen) atoms. The Bertz CT molecular complexity index is 235. The molecule has 3 unspecified atom stereocenters. The number of ether oxygens (including phenoxy) is 2. The first kappa shape index (κ1) is 12.4. The first-order valence-corrected chi connectivity index (χ1v) is 4.47. The molecule has 6 heteroatoms. The lowest BCUT2D eigenvalue weighted by molar-refractivity contribution is -0.298. The van der Waals surface area contributed by atoms with Crippen molar-refractivity contribution in [3.63, 3.8) is 0 Å². The van der Waals surface area contributed by atoms with Gasteiger partial charge in [-0.25, -0.2) is 0 Å². The fourth-order valence-corrected chi connectivity index (χ4v) is 1.34. The van der Waals surface area contributed by atoms with Gasteiger partial charge in [-0.2, -0.15) is 0 Å². The predicted octanol–water partition coefficient (Wildman–Crippen LogP) is -2.56. The second kappa shape index (κ2) is 5.42. The normalized spacial score (nSPS) is 41.1. The van der Waals surface area contributed by atoms with E-state index in [4.69, 9.17) is 21.0 Å². The minimum Gasteiger partial charge on any atom is -0.394 e. The van der Waals surface area contributed by atoms with Crippen LogP contribution in [0.5, 0.6) is 0 Å². The molecule has 0 aliphatic carbocycles. The summed E-state index contributed by atoms with van der Waals surface area (Å²) < 4.78 is 9.91. The van der Waals surface area contributed by atoms with Gasteiger partial charge >= 0.3 is 0 Å². The number of terminal acetylenes is 1. The molecule has 1 fully saturated rings. The fraction of sp³-hybridized carbons (Fsp3) is 0.778. The summed E-state index contributed by atoms with van der Waals surface area (Å²) in [7, 11) is 0. The lowest BCUT2D eigenvalue weighted by atomic mass is 9.99. The lowest BCUT2D eigenvalue weighted by Gasteiger charge is -2.39. The van der Waals surface area contributed by atoms with Gasteiger partial charge in [0.25, 0.3) is 0 Å². The second-order valence-electron chi connectivity index (χ2n) is 3.21. The fourth-order valence-electron chi connectivity index (χ4n) is 1.34. The van der Waals surface area contributed by atoms with E-state index in [2.05, 4.69) is 5.92 Å². The lowest BCUT2D eigenvalue weighted by Crippen LogP contribution is -2.59. The quantitative estimate of drug-likeness (QED) is 0.389. The summed E-state index contributed by atoms with van der Waals surface area (Å²) in [5.74, 6) is 2.17. The first-order valence-electron chi connectivity index (χ1n) is 4.47. The summed E-state index contributed by atoms with van der Waals surface area (Å²) in [6.07, 6.45) is -1.36. The highest BCUT2D eigenvalue weighted by Gasteiger charge is 2.43. The topological polar surface area (TPSA) is 99.4 Å². The first-order chi connectivity index (χ1) is 7.11. The van der Waals surface area contributed by atoms with E-state index in [1.807, 2.05) is 0 Å². The van der Waals surface area contributed by atoms with Crippen molar-refractivity contribution in [1.82, 2.24) is 0 Å². The third-order valence-electron chi connectivity index (χ3n) is 2.18. The van der Waals surface area contributed by atoms with Crippen LogP contribution >= 0.6 is 0 Å². The van der Waals surface area contributed by atoms with Crippen LogP contribution in [-0.2, 0) is 9.47 Å². The number of aliphatic hydroxyl groups is 4. The van der Waals surface area contributed by atoms with E-state index in [9.17, 15) is 15.3 Å². The maximum atomic E-state index is 9.44. The Labute approximate surface area is 87.1 Å². The Morgan fingerprint density at radius 1 is 1.20 bits per heavy atom. The zero-order chi connectivity index (χ0) is 11.4. The smallest absolute Gasteiger partial charge is 0.187 e. The van der Waals surface area contributed by atoms with Crippen LogP contribution in [0.3, 0.4) is 0 Å². The highest BCUT2D eigenvalue weighted by molar-refractivity contribution is 4.90. The summed E-state index contributed by atoms with van der Waals surface area (Å²) in [5, 5.41) is 37.0. The Morgan fingerprint density at radius 2 is 1.87 bits per heavy atom. The number of aliphatic hydroxyl groups excluding tert-OH is 4. The molecule has 1 saturated heterocycles. The van der Waals surface area contributed by atoms with Gasteiger partial charge in [0.1, 0.15) is 31.0 Å². The third-order valence-corrected chi connectivity index (χ3v) is 2.18. The summed E-state index contributed by atoms with van der Waals surface area (Å²) in [6.45, 7) is -0.580. The van der Waals surface area contributed by atoms with Gasteiger partial charge in [-0.3, -0.25) is 0 Å². The second-order valence-corrected chi connectivity index (χ2v) is 3.21. The standard InChI is InChI=1S/C9H14O6/c1-2-3-14-9-8(13)7(12)6(11)5(4-10)15-9/h1,5-13H,3-4H2/t5?,6-,7?,8?,9+/m1/s1. The molecule has 0 radical (unpaired) electrons. The number of rotatable bonds is 3. The molecule has 5 atom stereocenters. The van der Waals surface area contributed by atoms with Crippen molar-refractivity contribution in [2.75, 3.05) is 13.2 Å². The van der Waals surface area contributed by atoms with E-state index in [-0.39, 0.29) is 6.61 Å². The van der Waals surface area contributed by atoms with Gasteiger partial charge < -0.3 is 29.9 Å². The maximum absolute atomic E-state index is 9.44. The molecular weight excluding hydrogens is 204 g/mol. The Morgan fingerprint density at radius 3 is 2.40 bits per heavy atom. The molecule has 0 aromatic carbocycles. The summed E-state index contributed by atoms with van der Waals surface area (Å²) in [5.41, 5.74) is 0. The Hall–Kier alpha value is -0.680. The van der Waals surface area contributed by atoms with Gasteiger partial charge in [0, 0.05) is 0 Å². The minimum atomic E-state index is -1.43. The molecular formula is C9H14O6. The molecule has 0 bridgehead atoms. The van der Waals surface area contributed by atoms with E-state index >= 15 is 0 Å². The molecule has 6 nitrogen and oxygen atoms in total. The van der Waals surface area contributed by atoms with Crippen molar-refractivity contribution >= 4 is 0 Å². The number of hydrogen-bond acceptors (Lipinski definition) is 6. The van der Waals surface area contributed by atoms with Crippen molar-refractivity contribution in [2.24, 2.45) is 0 Å². The third kappa shape index (κ3) is 2.66. The summed E-state index contributed by atoms with van der Waals surface area (Å²) >= 11 is 0. The van der Waals surface area contributed by atoms with Crippen LogP contribution in [0.15, 0.2) is 0 Å². The van der Waals surface area contributed by atoms with Crippen LogP contribution in [0, 0.1) is 12.3 Å². The van der Waals surface area contributed by atoms with Crippen molar-refractivity contribution < 1.29 is 29.9 Å². The van der Waals surface area contributed by atoms with Crippen LogP contribution in [0.1, 0.15) is 0 Å². The van der Waals surface area contributed by atoms with Crippen molar-refractivity contribution in [3.8, 4) is 12.3 Å². The van der Waals surface area contributed by atoms with Gasteiger partial charge in [-0.05, 0) is 0 Å². The maximum Gasteiger partial charge on any atom is 0.187 e. The molecule has 0 spiro atoms. The molecule has 0 amide bonds. The largest absolute Gasteiger partial charge is 0.394 e. The summed E-state index contributed by atoms with van der Waals surface area (Å²) in [6, 6.07) is 0. The zero-order valence-electron chi connectivity index (χ0n) is 7.98. The monoisotopic (exact) mass is 218 g/mol. The molecule has 1 aliphatic rings. The number of hydrogen-bond donors (Lipinski definition) is 4. The SMILES string of the molecule is C#CCO[C@H]1OC(CO)[C@@H](O)C(O)C1O. The van der Waals surface area contributed by atoms with Crippen LogP contribution in [0.25, 0.3) is 0 Å². The van der Waals surface area contributed by atoms with E-state index in [0.29, 0.717) is 0 Å². The molecule has 1 rings (SSSR count). The van der Waals surface area contributed by atoms with Gasteiger partial charge in [0.2, 0.25) is 0 Å². The predicted molar refractivity (Wildman–Crippen MR) is 48.6 cm³/mol. The summed E-state index contributed by atoms with van der Waals surface area (Å²) in [4.78, 5) is 0. The van der Waals surface area contributed by atoms with Crippen LogP contribution in [0.4, 0.5) is 0 Å². The molecule has 0 aromatic heterocycles. The molecule has 1 aliphatic heterocycles. The van der Waals surface area contributed by atoms with Gasteiger partial charge in [0.05, 0.1) is 6.61 Å². The molecule has 86 valence electrons. The molecule has 0 saturated carbocycles. The molecule has 0 aromatic rings. The van der Waals surface area contributed by atoms with Crippen molar-refractivity contribution in [2.45, 2.75) is 30.7 Å². The van der Waals surface area contributed by atoms with Crippen molar-refractivity contribution in [3.05, 3.63) is 0 Å². The van der Waals surface area contributed by atoms with Gasteiger partial charge in [-0.1, -0.05) is 5.92 Å². The highest BCUT2D eigenvalue weighted by atomic mass is 16.7. The van der Waals surface area contributed by atoms with E-state index in [0.717, 1.165) is 0 Å². The van der Waals surface area contributed by atoms with E-state index in [1.165, 1.54) is 0 Å². The highest BCUT2D eigenvalue weighted by Crippen LogP contribution is 2.21. The van der Waals surface area contributed by atoms with Crippen LogP contribution in [-0.4, -0.2) is 64.3 Å². The Kier molecular flexibility index (Phi) is 4.47. The van der Waals surface area contributed by atoms with Gasteiger partial charge in [-0.15, -0.1) is 6.42 Å². The molecule has 1 heterocycles. The minimum absolute atomic E-state index is 0.0946. The van der Waals surface area contributed by atoms with E-state index in [1.54, 1.807) is 0 Å². The van der Waals surface area contributed by atoms with E-state index < -0.39 is 37.3 Å². The van der Waals surface area contributed by atoms with Crippen molar-refractivity contribution in [1.29, 1.82) is 0 Å². The average molecular weight is 218 g/mol. The van der Waals surface area contributed by atoms with Crippen LogP contribution < -0.4 is 0 Å². The average Bonchev–Trinajstić information content (AvgIpc) is 2.25. The zero-order valence-corrected chi connectivity index (χ0v) is 7.98. The van der Waals surface area contributed by atoms with Crippen LogP contribution in [0.2, 0.25) is 0 Å². The Balaban J connectivity index is 2.62. The molecule has 4 N–H and O–H groups in total.